The molecule has 0 radical (unpaired) electrons. The molecular weight excluding hydrogens is 302 g/mol. The third-order valence-electron chi connectivity index (χ3n) is 2.82. The van der Waals surface area contributed by atoms with E-state index >= 15 is 0 Å². The summed E-state index contributed by atoms with van der Waals surface area (Å²) in [5.74, 6) is -0.00130. The van der Waals surface area contributed by atoms with Crippen LogP contribution in [0.5, 0.6) is 0 Å². The molecule has 1 aromatic carbocycles. The SMILES string of the molecule is CC(=O)Nc1ccc(NC(=O)CSc2nncn2C)cc1C. The molecular formula is C14H17N5O2S. The average molecular weight is 319 g/mol. The number of nitrogens with zero attached hydrogens (tertiary/aromatic N) is 3. The minimum atomic E-state index is -0.125. The maximum Gasteiger partial charge on any atom is 0.234 e. The number of rotatable bonds is 5. The van der Waals surface area contributed by atoms with E-state index in [1.165, 1.54) is 18.7 Å². The van der Waals surface area contributed by atoms with Crippen LogP contribution in [0.2, 0.25) is 0 Å². The highest BCUT2D eigenvalue weighted by molar-refractivity contribution is 7.99. The third kappa shape index (κ3) is 4.32. The standard InChI is InChI=1S/C14H17N5O2S/c1-9-6-11(4-5-12(9)16-10(2)20)17-13(21)7-22-14-18-15-8-19(14)3/h4-6,8H,7H2,1-3H3,(H,16,20)(H,17,21). The predicted octanol–water partition coefficient (Wildman–Crippen LogP) is 1.81. The highest BCUT2D eigenvalue weighted by atomic mass is 32.2. The minimum absolute atomic E-state index is 0.125. The van der Waals surface area contributed by atoms with Gasteiger partial charge in [0.15, 0.2) is 5.16 Å². The Kier molecular flexibility index (Phi) is 5.16. The third-order valence-corrected chi connectivity index (χ3v) is 3.86. The molecule has 1 aromatic heterocycles. The lowest BCUT2D eigenvalue weighted by molar-refractivity contribution is -0.114. The fourth-order valence-corrected chi connectivity index (χ4v) is 2.49. The molecule has 116 valence electrons. The van der Waals surface area contributed by atoms with E-state index < -0.39 is 0 Å². The van der Waals surface area contributed by atoms with Gasteiger partial charge < -0.3 is 15.2 Å². The first kappa shape index (κ1) is 16.0. The Morgan fingerprint density at radius 3 is 2.68 bits per heavy atom. The fraction of sp³-hybridized carbons (Fsp3) is 0.286. The number of benzene rings is 1. The van der Waals surface area contributed by atoms with Crippen molar-refractivity contribution >= 4 is 35.0 Å². The molecule has 0 unspecified atom stereocenters. The summed E-state index contributed by atoms with van der Waals surface area (Å²) in [6.07, 6.45) is 1.59. The Morgan fingerprint density at radius 2 is 2.09 bits per heavy atom. The predicted molar refractivity (Wildman–Crippen MR) is 85.8 cm³/mol. The van der Waals surface area contributed by atoms with Gasteiger partial charge in [0.2, 0.25) is 11.8 Å². The van der Waals surface area contributed by atoms with Gasteiger partial charge in [-0.15, -0.1) is 10.2 Å². The van der Waals surface area contributed by atoms with Crippen LogP contribution in [0.4, 0.5) is 11.4 Å². The molecule has 2 aromatic rings. The molecule has 0 bridgehead atoms. The summed E-state index contributed by atoms with van der Waals surface area (Å²) in [4.78, 5) is 23.0. The normalized spacial score (nSPS) is 10.3. The van der Waals surface area contributed by atoms with E-state index in [4.69, 9.17) is 0 Å². The molecule has 0 saturated carbocycles. The number of aromatic nitrogens is 3. The zero-order chi connectivity index (χ0) is 16.1. The second kappa shape index (κ2) is 7.08. The number of aryl methyl sites for hydroxylation is 2. The molecule has 0 spiro atoms. The molecule has 7 nitrogen and oxygen atoms in total. The van der Waals surface area contributed by atoms with Crippen molar-refractivity contribution in [2.75, 3.05) is 16.4 Å². The Balaban J connectivity index is 1.92. The lowest BCUT2D eigenvalue weighted by Gasteiger charge is -2.10. The van der Waals surface area contributed by atoms with Crippen LogP contribution in [0.1, 0.15) is 12.5 Å². The van der Waals surface area contributed by atoms with E-state index in [-0.39, 0.29) is 17.6 Å². The summed E-state index contributed by atoms with van der Waals surface area (Å²) in [7, 11) is 1.82. The molecule has 2 N–H and O–H groups in total. The van der Waals surface area contributed by atoms with Crippen molar-refractivity contribution in [1.29, 1.82) is 0 Å². The lowest BCUT2D eigenvalue weighted by Crippen LogP contribution is -2.15. The smallest absolute Gasteiger partial charge is 0.234 e. The first-order chi connectivity index (χ1) is 10.5. The highest BCUT2D eigenvalue weighted by Crippen LogP contribution is 2.20. The molecule has 22 heavy (non-hydrogen) atoms. The first-order valence-corrected chi connectivity index (χ1v) is 7.59. The summed E-state index contributed by atoms with van der Waals surface area (Å²) in [5.41, 5.74) is 2.31. The van der Waals surface area contributed by atoms with Gasteiger partial charge in [0.25, 0.3) is 0 Å². The first-order valence-electron chi connectivity index (χ1n) is 6.60. The Bertz CT molecular complexity index is 698. The van der Waals surface area contributed by atoms with Crippen LogP contribution in [0, 0.1) is 6.92 Å². The van der Waals surface area contributed by atoms with Crippen molar-refractivity contribution < 1.29 is 9.59 Å². The van der Waals surface area contributed by atoms with Crippen LogP contribution in [-0.4, -0.2) is 32.3 Å². The fourth-order valence-electron chi connectivity index (χ4n) is 1.80. The topological polar surface area (TPSA) is 88.9 Å². The van der Waals surface area contributed by atoms with E-state index in [2.05, 4.69) is 20.8 Å². The molecule has 0 aliphatic carbocycles. The van der Waals surface area contributed by atoms with Crippen molar-refractivity contribution in [2.45, 2.75) is 19.0 Å². The van der Waals surface area contributed by atoms with Crippen LogP contribution < -0.4 is 10.6 Å². The molecule has 0 atom stereocenters. The summed E-state index contributed by atoms with van der Waals surface area (Å²) in [6.45, 7) is 3.33. The zero-order valence-electron chi connectivity index (χ0n) is 12.6. The van der Waals surface area contributed by atoms with Crippen LogP contribution in [0.3, 0.4) is 0 Å². The van der Waals surface area contributed by atoms with E-state index in [1.54, 1.807) is 23.0 Å². The van der Waals surface area contributed by atoms with Gasteiger partial charge in [-0.1, -0.05) is 11.8 Å². The maximum absolute atomic E-state index is 11.9. The second-order valence-electron chi connectivity index (χ2n) is 4.77. The van der Waals surface area contributed by atoms with Crippen LogP contribution in [0.15, 0.2) is 29.7 Å². The van der Waals surface area contributed by atoms with Gasteiger partial charge in [-0.05, 0) is 30.7 Å². The van der Waals surface area contributed by atoms with E-state index in [0.717, 1.165) is 11.3 Å². The molecule has 8 heteroatoms. The van der Waals surface area contributed by atoms with Gasteiger partial charge in [0.05, 0.1) is 5.75 Å². The van der Waals surface area contributed by atoms with Gasteiger partial charge in [0.1, 0.15) is 6.33 Å². The van der Waals surface area contributed by atoms with Crippen LogP contribution in [0.25, 0.3) is 0 Å². The van der Waals surface area contributed by atoms with Gasteiger partial charge in [-0.3, -0.25) is 9.59 Å². The Hall–Kier alpha value is -2.35. The minimum Gasteiger partial charge on any atom is -0.326 e. The summed E-state index contributed by atoms with van der Waals surface area (Å²) < 4.78 is 1.75. The van der Waals surface area contributed by atoms with Crippen LogP contribution in [-0.2, 0) is 16.6 Å². The molecule has 2 rings (SSSR count). The summed E-state index contributed by atoms with van der Waals surface area (Å²) in [6, 6.07) is 5.33. The van der Waals surface area contributed by atoms with Crippen molar-refractivity contribution in [1.82, 2.24) is 14.8 Å². The van der Waals surface area contributed by atoms with Gasteiger partial charge in [-0.25, -0.2) is 0 Å². The molecule has 0 aliphatic heterocycles. The molecule has 0 fully saturated rings. The quantitative estimate of drug-likeness (QED) is 0.821. The van der Waals surface area contributed by atoms with Gasteiger partial charge in [0, 0.05) is 25.3 Å². The summed E-state index contributed by atoms with van der Waals surface area (Å²) >= 11 is 1.32. The van der Waals surface area contributed by atoms with E-state index in [1.807, 2.05) is 20.0 Å². The number of hydrogen-bond donors (Lipinski definition) is 2. The van der Waals surface area contributed by atoms with Crippen molar-refractivity contribution in [3.63, 3.8) is 0 Å². The largest absolute Gasteiger partial charge is 0.326 e. The molecule has 0 aliphatic rings. The number of nitrogens with one attached hydrogen (secondary N) is 2. The second-order valence-corrected chi connectivity index (χ2v) is 5.71. The van der Waals surface area contributed by atoms with Crippen molar-refractivity contribution in [3.05, 3.63) is 30.1 Å². The number of carbonyl (C=O) groups is 2. The monoisotopic (exact) mass is 319 g/mol. The van der Waals surface area contributed by atoms with Gasteiger partial charge >= 0.3 is 0 Å². The zero-order valence-corrected chi connectivity index (χ0v) is 13.4. The van der Waals surface area contributed by atoms with Crippen molar-refractivity contribution in [2.24, 2.45) is 7.05 Å². The van der Waals surface area contributed by atoms with Crippen molar-refractivity contribution in [3.8, 4) is 0 Å². The number of hydrogen-bond acceptors (Lipinski definition) is 5. The number of anilines is 2. The van der Waals surface area contributed by atoms with E-state index in [9.17, 15) is 9.59 Å². The molecule has 1 heterocycles. The Morgan fingerprint density at radius 1 is 1.32 bits per heavy atom. The van der Waals surface area contributed by atoms with Gasteiger partial charge in [-0.2, -0.15) is 0 Å². The molecule has 0 saturated heterocycles. The highest BCUT2D eigenvalue weighted by Gasteiger charge is 2.08. The number of thioether (sulfide) groups is 1. The van der Waals surface area contributed by atoms with Crippen LogP contribution >= 0.6 is 11.8 Å². The summed E-state index contributed by atoms with van der Waals surface area (Å²) in [5, 5.41) is 13.9. The average Bonchev–Trinajstić information content (AvgIpc) is 2.85. The van der Waals surface area contributed by atoms with E-state index in [0.29, 0.717) is 10.8 Å². The lowest BCUT2D eigenvalue weighted by atomic mass is 10.1. The molecule has 2 amide bonds. The number of carbonyl (C=O) groups excluding carboxylic acids is 2. The maximum atomic E-state index is 11.9. The number of amides is 2. The Labute approximate surface area is 132 Å².